The van der Waals surface area contributed by atoms with Crippen molar-refractivity contribution in [1.82, 2.24) is 5.32 Å². The summed E-state index contributed by atoms with van der Waals surface area (Å²) in [6.07, 6.45) is 0.167. The summed E-state index contributed by atoms with van der Waals surface area (Å²) in [5.41, 5.74) is 1.61. The number of aryl methyl sites for hydroxylation is 1. The molecule has 1 saturated heterocycles. The highest BCUT2D eigenvalue weighted by atomic mass is 35.5. The first-order valence-corrected chi connectivity index (χ1v) is 7.44. The van der Waals surface area contributed by atoms with Crippen molar-refractivity contribution in [3.8, 4) is 0 Å². The molecule has 1 fully saturated rings. The Labute approximate surface area is 121 Å². The van der Waals surface area contributed by atoms with Crippen LogP contribution in [0.4, 0.5) is 5.69 Å². The number of rotatable bonds is 3. The summed E-state index contributed by atoms with van der Waals surface area (Å²) >= 11 is 7.56. The van der Waals surface area contributed by atoms with Crippen LogP contribution >= 0.6 is 23.4 Å². The maximum absolute atomic E-state index is 11.9. The Kier molecular flexibility index (Phi) is 4.71. The molecule has 4 nitrogen and oxygen atoms in total. The standard InChI is InChI=1S/C13H15ClN2O2S/c1-8-2-3-10(9(14)6-8)16-12(17)7-11-13(18)15-4-5-19-11/h2-3,6,11H,4-5,7H2,1H3,(H,15,18)(H,16,17)/t11-/m1/s1. The molecule has 0 aromatic heterocycles. The summed E-state index contributed by atoms with van der Waals surface area (Å²) < 4.78 is 0. The van der Waals surface area contributed by atoms with Gasteiger partial charge in [-0.1, -0.05) is 17.7 Å². The maximum Gasteiger partial charge on any atom is 0.233 e. The maximum atomic E-state index is 11.9. The molecule has 2 amide bonds. The molecule has 1 aliphatic heterocycles. The van der Waals surface area contributed by atoms with E-state index in [1.807, 2.05) is 13.0 Å². The molecule has 0 spiro atoms. The summed E-state index contributed by atoms with van der Waals surface area (Å²) in [5.74, 6) is 0.580. The highest BCUT2D eigenvalue weighted by Gasteiger charge is 2.25. The second-order valence-corrected chi connectivity index (χ2v) is 6.10. The summed E-state index contributed by atoms with van der Waals surface area (Å²) in [4.78, 5) is 23.5. The minimum absolute atomic E-state index is 0.0681. The van der Waals surface area contributed by atoms with Crippen LogP contribution < -0.4 is 10.6 Å². The van der Waals surface area contributed by atoms with Gasteiger partial charge in [0.1, 0.15) is 0 Å². The van der Waals surface area contributed by atoms with Gasteiger partial charge in [-0.3, -0.25) is 9.59 Å². The average Bonchev–Trinajstić information content (AvgIpc) is 2.36. The van der Waals surface area contributed by atoms with E-state index in [9.17, 15) is 9.59 Å². The first-order chi connectivity index (χ1) is 9.06. The number of carbonyl (C=O) groups is 2. The van der Waals surface area contributed by atoms with E-state index in [0.29, 0.717) is 17.3 Å². The van der Waals surface area contributed by atoms with Crippen molar-refractivity contribution >= 4 is 40.9 Å². The number of halogens is 1. The van der Waals surface area contributed by atoms with E-state index in [2.05, 4.69) is 10.6 Å². The molecule has 0 aliphatic carbocycles. The van der Waals surface area contributed by atoms with Crippen LogP contribution in [0.2, 0.25) is 5.02 Å². The van der Waals surface area contributed by atoms with Crippen molar-refractivity contribution in [2.75, 3.05) is 17.6 Å². The Morgan fingerprint density at radius 1 is 1.58 bits per heavy atom. The third-order valence-electron chi connectivity index (χ3n) is 2.78. The number of hydrogen-bond acceptors (Lipinski definition) is 3. The van der Waals surface area contributed by atoms with Crippen LogP contribution in [0.5, 0.6) is 0 Å². The lowest BCUT2D eigenvalue weighted by atomic mass is 10.2. The molecule has 0 bridgehead atoms. The van der Waals surface area contributed by atoms with Crippen molar-refractivity contribution in [1.29, 1.82) is 0 Å². The Morgan fingerprint density at radius 2 is 2.37 bits per heavy atom. The summed E-state index contributed by atoms with van der Waals surface area (Å²) in [6, 6.07) is 5.44. The molecule has 0 radical (unpaired) electrons. The molecule has 2 rings (SSSR count). The van der Waals surface area contributed by atoms with Gasteiger partial charge in [-0.25, -0.2) is 0 Å². The molecule has 1 aromatic rings. The first kappa shape index (κ1) is 14.2. The predicted molar refractivity (Wildman–Crippen MR) is 78.7 cm³/mol. The van der Waals surface area contributed by atoms with E-state index in [0.717, 1.165) is 11.3 Å². The van der Waals surface area contributed by atoms with Crippen molar-refractivity contribution in [2.45, 2.75) is 18.6 Å². The van der Waals surface area contributed by atoms with E-state index in [4.69, 9.17) is 11.6 Å². The van der Waals surface area contributed by atoms with Gasteiger partial charge in [0.05, 0.1) is 16.0 Å². The fourth-order valence-electron chi connectivity index (χ4n) is 1.81. The molecule has 1 aliphatic rings. The average molecular weight is 299 g/mol. The van der Waals surface area contributed by atoms with Gasteiger partial charge in [0, 0.05) is 18.7 Å². The smallest absolute Gasteiger partial charge is 0.233 e. The van der Waals surface area contributed by atoms with Crippen LogP contribution in [0.25, 0.3) is 0 Å². The SMILES string of the molecule is Cc1ccc(NC(=O)C[C@H]2SCCNC2=O)c(Cl)c1. The van der Waals surface area contributed by atoms with Gasteiger partial charge in [-0.2, -0.15) is 0 Å². The monoisotopic (exact) mass is 298 g/mol. The topological polar surface area (TPSA) is 58.2 Å². The van der Waals surface area contributed by atoms with E-state index < -0.39 is 0 Å². The number of benzene rings is 1. The Balaban J connectivity index is 1.95. The third-order valence-corrected chi connectivity index (χ3v) is 4.32. The minimum Gasteiger partial charge on any atom is -0.354 e. The normalized spacial score (nSPS) is 18.8. The van der Waals surface area contributed by atoms with Gasteiger partial charge in [0.15, 0.2) is 0 Å². The van der Waals surface area contributed by atoms with Crippen molar-refractivity contribution in [3.05, 3.63) is 28.8 Å². The summed E-state index contributed by atoms with van der Waals surface area (Å²) in [7, 11) is 0. The number of thioether (sulfide) groups is 1. The number of carbonyl (C=O) groups excluding carboxylic acids is 2. The fraction of sp³-hybridized carbons (Fsp3) is 0.385. The van der Waals surface area contributed by atoms with Gasteiger partial charge >= 0.3 is 0 Å². The molecule has 0 saturated carbocycles. The van der Waals surface area contributed by atoms with Crippen molar-refractivity contribution < 1.29 is 9.59 Å². The van der Waals surface area contributed by atoms with E-state index >= 15 is 0 Å². The molecule has 19 heavy (non-hydrogen) atoms. The van der Waals surface area contributed by atoms with E-state index in [1.165, 1.54) is 11.8 Å². The second kappa shape index (κ2) is 6.30. The minimum atomic E-state index is -0.307. The summed E-state index contributed by atoms with van der Waals surface area (Å²) in [6.45, 7) is 2.60. The van der Waals surface area contributed by atoms with E-state index in [1.54, 1.807) is 12.1 Å². The van der Waals surface area contributed by atoms with Crippen molar-refractivity contribution in [3.63, 3.8) is 0 Å². The summed E-state index contributed by atoms with van der Waals surface area (Å²) in [5, 5.41) is 5.70. The van der Waals surface area contributed by atoms with Crippen LogP contribution in [-0.4, -0.2) is 29.4 Å². The van der Waals surface area contributed by atoms with Crippen LogP contribution in [0.15, 0.2) is 18.2 Å². The zero-order valence-corrected chi connectivity index (χ0v) is 12.1. The second-order valence-electron chi connectivity index (χ2n) is 4.39. The molecule has 0 unspecified atom stereocenters. The number of anilines is 1. The molecular weight excluding hydrogens is 284 g/mol. The highest BCUT2D eigenvalue weighted by molar-refractivity contribution is 8.00. The zero-order valence-electron chi connectivity index (χ0n) is 10.5. The fourth-order valence-corrected chi connectivity index (χ4v) is 3.10. The largest absolute Gasteiger partial charge is 0.354 e. The molecule has 1 heterocycles. The zero-order chi connectivity index (χ0) is 13.8. The van der Waals surface area contributed by atoms with E-state index in [-0.39, 0.29) is 23.5 Å². The Bertz CT molecular complexity index is 507. The number of nitrogens with one attached hydrogen (secondary N) is 2. The van der Waals surface area contributed by atoms with Crippen LogP contribution in [-0.2, 0) is 9.59 Å². The quantitative estimate of drug-likeness (QED) is 0.899. The molecule has 1 atom stereocenters. The molecule has 2 N–H and O–H groups in total. The van der Waals surface area contributed by atoms with Gasteiger partial charge in [0.25, 0.3) is 0 Å². The Hall–Kier alpha value is -1.20. The first-order valence-electron chi connectivity index (χ1n) is 6.01. The Morgan fingerprint density at radius 3 is 3.05 bits per heavy atom. The predicted octanol–water partition coefficient (Wildman–Crippen LogP) is 2.21. The van der Waals surface area contributed by atoms with Gasteiger partial charge < -0.3 is 10.6 Å². The molecule has 1 aromatic carbocycles. The molecule has 6 heteroatoms. The van der Waals surface area contributed by atoms with Crippen molar-refractivity contribution in [2.24, 2.45) is 0 Å². The van der Waals surface area contributed by atoms with Crippen LogP contribution in [0, 0.1) is 6.92 Å². The highest BCUT2D eigenvalue weighted by Crippen LogP contribution is 2.24. The third kappa shape index (κ3) is 3.88. The lowest BCUT2D eigenvalue weighted by molar-refractivity contribution is -0.123. The van der Waals surface area contributed by atoms with Gasteiger partial charge in [0.2, 0.25) is 11.8 Å². The molecule has 102 valence electrons. The van der Waals surface area contributed by atoms with Crippen LogP contribution in [0.1, 0.15) is 12.0 Å². The van der Waals surface area contributed by atoms with Crippen LogP contribution in [0.3, 0.4) is 0 Å². The van der Waals surface area contributed by atoms with Gasteiger partial charge in [-0.15, -0.1) is 11.8 Å². The molecular formula is C13H15ClN2O2S. The number of hydrogen-bond donors (Lipinski definition) is 2. The number of amides is 2. The van der Waals surface area contributed by atoms with Gasteiger partial charge in [-0.05, 0) is 24.6 Å². The lowest BCUT2D eigenvalue weighted by Crippen LogP contribution is -2.40. The lowest BCUT2D eigenvalue weighted by Gasteiger charge is -2.21.